The third kappa shape index (κ3) is 4.67. The van der Waals surface area contributed by atoms with Crippen LogP contribution in [0, 0.1) is 0 Å². The van der Waals surface area contributed by atoms with Crippen LogP contribution in [0.2, 0.25) is 0 Å². The van der Waals surface area contributed by atoms with Gasteiger partial charge in [0.1, 0.15) is 5.75 Å². The summed E-state index contributed by atoms with van der Waals surface area (Å²) >= 11 is 0. The maximum Gasteiger partial charge on any atom is 0.259 e. The third-order valence-electron chi connectivity index (χ3n) is 5.58. The van der Waals surface area contributed by atoms with Crippen LogP contribution in [0.3, 0.4) is 0 Å². The predicted molar refractivity (Wildman–Crippen MR) is 112 cm³/mol. The summed E-state index contributed by atoms with van der Waals surface area (Å²) in [6, 6.07) is 11.8. The topological polar surface area (TPSA) is 81.4 Å². The molecule has 1 saturated heterocycles. The summed E-state index contributed by atoms with van der Waals surface area (Å²) in [6.07, 6.45) is 8.18. The van der Waals surface area contributed by atoms with E-state index in [2.05, 4.69) is 15.1 Å². The average Bonchev–Trinajstić information content (AvgIpc) is 3.46. The molecule has 1 fully saturated rings. The number of benzene rings is 1. The van der Waals surface area contributed by atoms with Gasteiger partial charge in [0.2, 0.25) is 5.91 Å². The van der Waals surface area contributed by atoms with Crippen molar-refractivity contribution < 1.29 is 14.1 Å². The number of para-hydroxylation sites is 1. The summed E-state index contributed by atoms with van der Waals surface area (Å²) in [5.74, 6) is 2.19. The summed E-state index contributed by atoms with van der Waals surface area (Å²) in [6.45, 7) is 0.822. The average molecular weight is 406 g/mol. The van der Waals surface area contributed by atoms with Crippen molar-refractivity contribution in [2.45, 2.75) is 44.6 Å². The molecule has 7 nitrogen and oxygen atoms in total. The van der Waals surface area contributed by atoms with E-state index in [1.807, 2.05) is 41.3 Å². The standard InChI is InChI=1S/C23H26N4O3/c1-29-20-9-3-2-6-17(20)10-13-22(28)27-15-5-8-19(27)11-12-21-25-23(30-26-21)18-7-4-14-24-16-18/h2-4,6-7,9,14,16,19H,5,8,10-13,15H2,1H3. The first-order valence-electron chi connectivity index (χ1n) is 10.4. The molecule has 156 valence electrons. The van der Waals surface area contributed by atoms with Gasteiger partial charge in [0.25, 0.3) is 5.89 Å². The Balaban J connectivity index is 1.31. The molecular formula is C23H26N4O3. The minimum Gasteiger partial charge on any atom is -0.496 e. The Labute approximate surface area is 176 Å². The zero-order chi connectivity index (χ0) is 20.8. The number of nitrogens with zero attached hydrogens (tertiary/aromatic N) is 4. The van der Waals surface area contributed by atoms with Crippen LogP contribution in [0.15, 0.2) is 53.3 Å². The van der Waals surface area contributed by atoms with Crippen LogP contribution in [-0.4, -0.2) is 45.6 Å². The second-order valence-electron chi connectivity index (χ2n) is 7.49. The van der Waals surface area contributed by atoms with Crippen LogP contribution >= 0.6 is 0 Å². The summed E-state index contributed by atoms with van der Waals surface area (Å²) in [4.78, 5) is 23.4. The molecule has 0 radical (unpaired) electrons. The van der Waals surface area contributed by atoms with Crippen molar-refractivity contribution in [3.8, 4) is 17.2 Å². The van der Waals surface area contributed by atoms with Crippen molar-refractivity contribution in [3.63, 3.8) is 0 Å². The van der Waals surface area contributed by atoms with Crippen molar-refractivity contribution in [1.82, 2.24) is 20.0 Å². The molecule has 0 bridgehead atoms. The van der Waals surface area contributed by atoms with Crippen molar-refractivity contribution in [2.75, 3.05) is 13.7 Å². The van der Waals surface area contributed by atoms with Gasteiger partial charge in [-0.25, -0.2) is 0 Å². The van der Waals surface area contributed by atoms with Crippen LogP contribution in [-0.2, 0) is 17.6 Å². The Bertz CT molecular complexity index is 973. The highest BCUT2D eigenvalue weighted by Gasteiger charge is 2.28. The minimum atomic E-state index is 0.201. The van der Waals surface area contributed by atoms with Gasteiger partial charge in [-0.15, -0.1) is 0 Å². The van der Waals surface area contributed by atoms with Gasteiger partial charge in [0.15, 0.2) is 5.82 Å². The summed E-state index contributed by atoms with van der Waals surface area (Å²) in [5.41, 5.74) is 1.88. The lowest BCUT2D eigenvalue weighted by molar-refractivity contribution is -0.132. The molecule has 1 amide bonds. The van der Waals surface area contributed by atoms with Gasteiger partial charge >= 0.3 is 0 Å². The van der Waals surface area contributed by atoms with E-state index in [1.54, 1.807) is 19.5 Å². The van der Waals surface area contributed by atoms with Crippen LogP contribution in [0.25, 0.3) is 11.5 Å². The number of methoxy groups -OCH3 is 1. The molecule has 7 heteroatoms. The number of likely N-dealkylation sites (tertiary alicyclic amines) is 1. The smallest absolute Gasteiger partial charge is 0.259 e. The number of hydrogen-bond acceptors (Lipinski definition) is 6. The number of aryl methyl sites for hydroxylation is 2. The molecule has 1 unspecified atom stereocenters. The first-order valence-corrected chi connectivity index (χ1v) is 10.4. The third-order valence-corrected chi connectivity index (χ3v) is 5.58. The largest absolute Gasteiger partial charge is 0.496 e. The van der Waals surface area contributed by atoms with E-state index < -0.39 is 0 Å². The minimum absolute atomic E-state index is 0.201. The maximum atomic E-state index is 12.9. The molecule has 0 aliphatic carbocycles. The van der Waals surface area contributed by atoms with E-state index in [0.29, 0.717) is 31.0 Å². The quantitative estimate of drug-likeness (QED) is 0.567. The SMILES string of the molecule is COc1ccccc1CCC(=O)N1CCCC1CCc1noc(-c2cccnc2)n1. The number of ether oxygens (including phenoxy) is 1. The van der Waals surface area contributed by atoms with Gasteiger partial charge in [-0.05, 0) is 49.4 Å². The molecular weight excluding hydrogens is 380 g/mol. The maximum absolute atomic E-state index is 12.9. The molecule has 2 aromatic heterocycles. The number of amides is 1. The first kappa shape index (κ1) is 20.1. The van der Waals surface area contributed by atoms with Crippen molar-refractivity contribution >= 4 is 5.91 Å². The van der Waals surface area contributed by atoms with Crippen LogP contribution in [0.5, 0.6) is 5.75 Å². The van der Waals surface area contributed by atoms with E-state index in [-0.39, 0.29) is 11.9 Å². The molecule has 1 aromatic carbocycles. The Kier molecular flexibility index (Phi) is 6.37. The lowest BCUT2D eigenvalue weighted by atomic mass is 10.1. The van der Waals surface area contributed by atoms with Gasteiger partial charge in [-0.3, -0.25) is 9.78 Å². The number of carbonyl (C=O) groups is 1. The van der Waals surface area contributed by atoms with Gasteiger partial charge in [-0.2, -0.15) is 4.98 Å². The Morgan fingerprint density at radius 2 is 2.13 bits per heavy atom. The fourth-order valence-electron chi connectivity index (χ4n) is 4.02. The van der Waals surface area contributed by atoms with Crippen LogP contribution < -0.4 is 4.74 Å². The highest BCUT2D eigenvalue weighted by molar-refractivity contribution is 5.77. The summed E-state index contributed by atoms with van der Waals surface area (Å²) in [5, 5.41) is 4.09. The van der Waals surface area contributed by atoms with Crippen molar-refractivity contribution in [2.24, 2.45) is 0 Å². The molecule has 1 aliphatic heterocycles. The number of aromatic nitrogens is 3. The van der Waals surface area contributed by atoms with E-state index in [9.17, 15) is 4.79 Å². The van der Waals surface area contributed by atoms with E-state index in [1.165, 1.54) is 0 Å². The number of hydrogen-bond donors (Lipinski definition) is 0. The molecule has 4 rings (SSSR count). The normalized spacial score (nSPS) is 16.0. The molecule has 1 atom stereocenters. The molecule has 0 saturated carbocycles. The number of rotatable bonds is 8. The highest BCUT2D eigenvalue weighted by Crippen LogP contribution is 2.25. The molecule has 3 heterocycles. The zero-order valence-electron chi connectivity index (χ0n) is 17.2. The van der Waals surface area contributed by atoms with E-state index in [4.69, 9.17) is 9.26 Å². The van der Waals surface area contributed by atoms with Gasteiger partial charge in [0.05, 0.1) is 12.7 Å². The summed E-state index contributed by atoms with van der Waals surface area (Å²) in [7, 11) is 1.66. The van der Waals surface area contributed by atoms with E-state index >= 15 is 0 Å². The van der Waals surface area contributed by atoms with Gasteiger partial charge < -0.3 is 14.2 Å². The zero-order valence-corrected chi connectivity index (χ0v) is 17.2. The molecule has 1 aliphatic rings. The molecule has 30 heavy (non-hydrogen) atoms. The van der Waals surface area contributed by atoms with Crippen molar-refractivity contribution in [3.05, 3.63) is 60.2 Å². The van der Waals surface area contributed by atoms with Crippen molar-refractivity contribution in [1.29, 1.82) is 0 Å². The fraction of sp³-hybridized carbons (Fsp3) is 0.391. The molecule has 3 aromatic rings. The lowest BCUT2D eigenvalue weighted by Crippen LogP contribution is -2.36. The molecule has 0 N–H and O–H groups in total. The Morgan fingerprint density at radius 1 is 1.23 bits per heavy atom. The Morgan fingerprint density at radius 3 is 2.97 bits per heavy atom. The second kappa shape index (κ2) is 9.52. The number of pyridine rings is 1. The molecule has 0 spiro atoms. The van der Waals surface area contributed by atoms with Gasteiger partial charge in [-0.1, -0.05) is 23.4 Å². The lowest BCUT2D eigenvalue weighted by Gasteiger charge is -2.24. The highest BCUT2D eigenvalue weighted by atomic mass is 16.5. The fourth-order valence-corrected chi connectivity index (χ4v) is 4.02. The Hall–Kier alpha value is -3.22. The van der Waals surface area contributed by atoms with Crippen LogP contribution in [0.1, 0.15) is 37.1 Å². The van der Waals surface area contributed by atoms with Crippen LogP contribution in [0.4, 0.5) is 0 Å². The monoisotopic (exact) mass is 406 g/mol. The van der Waals surface area contributed by atoms with Gasteiger partial charge in [0, 0.05) is 37.8 Å². The van der Waals surface area contributed by atoms with E-state index in [0.717, 1.165) is 42.7 Å². The summed E-state index contributed by atoms with van der Waals surface area (Å²) < 4.78 is 10.8. The first-order chi connectivity index (χ1) is 14.7. The predicted octanol–water partition coefficient (Wildman–Crippen LogP) is 3.70. The second-order valence-corrected chi connectivity index (χ2v) is 7.49. The number of carbonyl (C=O) groups excluding carboxylic acids is 1.